The van der Waals surface area contributed by atoms with E-state index in [4.69, 9.17) is 0 Å². The number of aryl methyl sites for hydroxylation is 2. The molecule has 0 radical (unpaired) electrons. The molecular formula is C65H60Cl2Zr-2. The summed E-state index contributed by atoms with van der Waals surface area (Å²) in [5, 5.41) is 5.23. The van der Waals surface area contributed by atoms with E-state index in [2.05, 4.69) is 254 Å². The van der Waals surface area contributed by atoms with Crippen molar-refractivity contribution in [3.05, 3.63) is 269 Å². The van der Waals surface area contributed by atoms with Crippen LogP contribution in [0.4, 0.5) is 0 Å². The molecule has 0 fully saturated rings. The summed E-state index contributed by atoms with van der Waals surface area (Å²) in [7, 11) is 0. The summed E-state index contributed by atoms with van der Waals surface area (Å²) >= 11 is 1.55. The number of halogens is 2. The van der Waals surface area contributed by atoms with Gasteiger partial charge in [-0.15, -0.1) is 46.2 Å². The van der Waals surface area contributed by atoms with Crippen LogP contribution in [0.5, 0.6) is 0 Å². The Hall–Kier alpha value is -5.56. The van der Waals surface area contributed by atoms with Gasteiger partial charge in [0.25, 0.3) is 0 Å². The fourth-order valence-corrected chi connectivity index (χ4v) is 10.4. The Morgan fingerprint density at radius 2 is 0.853 bits per heavy atom. The van der Waals surface area contributed by atoms with Crippen LogP contribution in [0.25, 0.3) is 43.8 Å². The average molecular weight is 1000 g/mol. The molecule has 10 rings (SSSR count). The Morgan fingerprint density at radius 3 is 1.19 bits per heavy atom. The molecule has 9 aromatic carbocycles. The van der Waals surface area contributed by atoms with Crippen molar-refractivity contribution in [3.8, 4) is 22.3 Å². The number of allylic oxidation sites excluding steroid dienone is 4. The summed E-state index contributed by atoms with van der Waals surface area (Å²) in [6, 6.07) is 73.3. The van der Waals surface area contributed by atoms with Gasteiger partial charge < -0.3 is 24.8 Å². The van der Waals surface area contributed by atoms with E-state index in [1.807, 2.05) is 12.2 Å². The number of rotatable bonds is 10. The molecule has 3 heteroatoms. The maximum absolute atomic E-state index is 2.99. The monoisotopic (exact) mass is 1000 g/mol. The van der Waals surface area contributed by atoms with E-state index in [0.717, 1.165) is 19.3 Å². The Bertz CT molecular complexity index is 2910. The van der Waals surface area contributed by atoms with Crippen molar-refractivity contribution in [1.82, 2.24) is 0 Å². The summed E-state index contributed by atoms with van der Waals surface area (Å²) in [4.78, 5) is 0. The topological polar surface area (TPSA) is 0 Å². The van der Waals surface area contributed by atoms with E-state index in [-0.39, 0.29) is 35.6 Å². The minimum absolute atomic E-state index is 0. The Balaban J connectivity index is 0.000000274. The first-order valence-electron chi connectivity index (χ1n) is 23.3. The first-order chi connectivity index (χ1) is 32.0. The van der Waals surface area contributed by atoms with Crippen LogP contribution in [0, 0.1) is 19.9 Å². The van der Waals surface area contributed by atoms with Gasteiger partial charge in [-0.3, -0.25) is 6.08 Å². The number of hydrogen-bond donors (Lipinski definition) is 0. The molecule has 0 spiro atoms. The van der Waals surface area contributed by atoms with Gasteiger partial charge in [-0.2, -0.15) is 6.08 Å². The van der Waals surface area contributed by atoms with Gasteiger partial charge in [-0.1, -0.05) is 149 Å². The van der Waals surface area contributed by atoms with Crippen LogP contribution < -0.4 is 24.8 Å². The molecule has 0 nitrogen and oxygen atoms in total. The van der Waals surface area contributed by atoms with E-state index in [9.17, 15) is 0 Å². The molecule has 1 aliphatic rings. The quantitative estimate of drug-likeness (QED) is 0.120. The summed E-state index contributed by atoms with van der Waals surface area (Å²) in [5.74, 6) is 0. The first kappa shape index (κ1) is 51.8. The van der Waals surface area contributed by atoms with Crippen molar-refractivity contribution in [2.45, 2.75) is 71.6 Å². The van der Waals surface area contributed by atoms with Gasteiger partial charge in [0.2, 0.25) is 0 Å². The number of fused-ring (bicyclic) bond motifs is 3. The fourth-order valence-electron chi connectivity index (χ4n) is 9.44. The fraction of sp³-hybridized carbons (Fsp3) is 0.169. The van der Waals surface area contributed by atoms with Gasteiger partial charge >= 0.3 is 112 Å². The molecule has 68 heavy (non-hydrogen) atoms. The predicted octanol–water partition coefficient (Wildman–Crippen LogP) is 10.8. The third-order valence-electron chi connectivity index (χ3n) is 13.3. The Morgan fingerprint density at radius 1 is 0.485 bits per heavy atom. The predicted molar refractivity (Wildman–Crippen MR) is 281 cm³/mol. The maximum atomic E-state index is 2.99. The van der Waals surface area contributed by atoms with E-state index < -0.39 is 0 Å². The van der Waals surface area contributed by atoms with Gasteiger partial charge in [-0.25, -0.2) is 12.2 Å². The average Bonchev–Trinajstić information content (AvgIpc) is 4.05. The van der Waals surface area contributed by atoms with Crippen molar-refractivity contribution in [1.29, 1.82) is 0 Å². The van der Waals surface area contributed by atoms with E-state index in [1.54, 1.807) is 27.4 Å². The van der Waals surface area contributed by atoms with Crippen LogP contribution in [0.2, 0.25) is 0 Å². The molecule has 0 amide bonds. The summed E-state index contributed by atoms with van der Waals surface area (Å²) in [5.41, 5.74) is 15.6. The van der Waals surface area contributed by atoms with E-state index in [0.29, 0.717) is 0 Å². The SMILES string of the molecule is Cc1ccccc1-c1cc2[cH-]c3cc(-c4ccccc4C)c(C(C)(C)c4ccccc4)cc3c2cc1C(C)(C)c1ccccc1.[C-]1=CC=CC1.[Cl-].[Cl-].[Zr+2]=[C](Cc1ccccc1)Cc1ccccc1. The number of benzene rings is 8. The summed E-state index contributed by atoms with van der Waals surface area (Å²) < 4.78 is 1.60. The third kappa shape index (κ3) is 12.0. The van der Waals surface area contributed by atoms with Gasteiger partial charge in [0.05, 0.1) is 0 Å². The second-order valence-corrected chi connectivity index (χ2v) is 20.4. The van der Waals surface area contributed by atoms with Crippen LogP contribution in [0.3, 0.4) is 0 Å². The second kappa shape index (κ2) is 23.6. The molecule has 0 heterocycles. The van der Waals surface area contributed by atoms with Crippen LogP contribution in [-0.4, -0.2) is 3.21 Å². The van der Waals surface area contributed by atoms with Crippen LogP contribution in [0.15, 0.2) is 218 Å². The molecule has 0 aromatic heterocycles. The Kier molecular flexibility index (Phi) is 18.0. The normalized spacial score (nSPS) is 11.8. The van der Waals surface area contributed by atoms with Crippen molar-refractivity contribution < 1.29 is 49.0 Å². The summed E-state index contributed by atoms with van der Waals surface area (Å²) in [6.07, 6.45) is 12.2. The molecule has 0 bridgehead atoms. The molecule has 0 aliphatic heterocycles. The molecule has 0 saturated heterocycles. The third-order valence-corrected chi connectivity index (χ3v) is 14.2. The zero-order chi connectivity index (χ0) is 46.1. The minimum atomic E-state index is -0.191. The molecule has 0 saturated carbocycles. The second-order valence-electron chi connectivity index (χ2n) is 18.7. The molecule has 0 atom stereocenters. The van der Waals surface area contributed by atoms with Crippen LogP contribution >= 0.6 is 0 Å². The zero-order valence-corrected chi connectivity index (χ0v) is 44.1. The molecule has 0 N–H and O–H groups in total. The molecule has 1 aliphatic carbocycles. The standard InChI is InChI=1S/C45H41.C15H14.C5H5.2ClH.Zr/c1-30-17-13-15-23-36(30)40-26-32-25-33-27-41(37-24-16-14-18-31(37)2)43(45(5,6)35-21-11-8-12-22-35)29-39(33)38(32)28-42(40)44(3,4)34-19-9-7-10-20-34;1-3-8-14(9-4-1)12-7-13-15-10-5-2-6-11-15;1-2-4-5-3-1;;;/h7-29H,1-6H3;1-6,8-11H,12-13H2;1-3H,4H2;2*1H;/q-1;;-1;;;+2/p-2. The molecule has 9 aromatic rings. The van der Waals surface area contributed by atoms with Crippen LogP contribution in [-0.2, 0) is 47.9 Å². The molecule has 340 valence electrons. The zero-order valence-electron chi connectivity index (χ0n) is 40.2. The van der Waals surface area contributed by atoms with E-state index in [1.165, 1.54) is 88.3 Å². The Labute approximate surface area is 433 Å². The number of hydrogen-bond acceptors (Lipinski definition) is 0. The van der Waals surface area contributed by atoms with Crippen LogP contribution in [0.1, 0.15) is 78.6 Å². The van der Waals surface area contributed by atoms with Gasteiger partial charge in [0.15, 0.2) is 0 Å². The summed E-state index contributed by atoms with van der Waals surface area (Å²) in [6.45, 7) is 13.9. The van der Waals surface area contributed by atoms with Gasteiger partial charge in [-0.05, 0) is 69.5 Å². The van der Waals surface area contributed by atoms with Crippen molar-refractivity contribution in [3.63, 3.8) is 0 Å². The van der Waals surface area contributed by atoms with Gasteiger partial charge in [0.1, 0.15) is 0 Å². The molecular weight excluding hydrogens is 943 g/mol. The first-order valence-corrected chi connectivity index (χ1v) is 24.5. The molecule has 0 unspecified atom stereocenters. The van der Waals surface area contributed by atoms with Crippen molar-refractivity contribution in [2.24, 2.45) is 0 Å². The van der Waals surface area contributed by atoms with Crippen molar-refractivity contribution >= 4 is 24.8 Å². The van der Waals surface area contributed by atoms with E-state index >= 15 is 0 Å². The van der Waals surface area contributed by atoms with Gasteiger partial charge in [0, 0.05) is 10.8 Å². The van der Waals surface area contributed by atoms with Crippen molar-refractivity contribution in [2.75, 3.05) is 0 Å².